The molecule has 1 N–H and O–H groups in total. The molecule has 0 amide bonds. The van der Waals surface area contributed by atoms with Gasteiger partial charge in [0.25, 0.3) is 0 Å². The molecule has 106 valence electrons. The summed E-state index contributed by atoms with van der Waals surface area (Å²) in [7, 11) is 1.59. The topological polar surface area (TPSA) is 34.1 Å². The molecule has 3 nitrogen and oxygen atoms in total. The Kier molecular flexibility index (Phi) is 4.69. The number of methoxy groups -OCH3 is 1. The van der Waals surface area contributed by atoms with Crippen LogP contribution in [0.1, 0.15) is 29.8 Å². The minimum absolute atomic E-state index is 0.188. The van der Waals surface area contributed by atoms with E-state index >= 15 is 0 Å². The van der Waals surface area contributed by atoms with E-state index in [-0.39, 0.29) is 11.9 Å². The van der Waals surface area contributed by atoms with Crippen LogP contribution >= 0.6 is 0 Å². The average Bonchev–Trinajstić information content (AvgIpc) is 2.46. The molecule has 0 aliphatic carbocycles. The number of ether oxygens (including phenoxy) is 1. The van der Waals surface area contributed by atoms with Gasteiger partial charge >= 0.3 is 0 Å². The number of benzene rings is 1. The number of rotatable bonds is 5. The Labute approximate surface area is 118 Å². The Morgan fingerprint density at radius 3 is 2.80 bits per heavy atom. The Balaban J connectivity index is 2.54. The second kappa shape index (κ2) is 6.48. The largest absolute Gasteiger partial charge is 0.496 e. The Bertz CT molecular complexity index is 586. The summed E-state index contributed by atoms with van der Waals surface area (Å²) in [6.07, 6.45) is 1.75. The zero-order chi connectivity index (χ0) is 14.5. The summed E-state index contributed by atoms with van der Waals surface area (Å²) in [4.78, 5) is 4.44. The molecule has 0 saturated heterocycles. The molecule has 1 aromatic carbocycles. The molecule has 0 fully saturated rings. The highest BCUT2D eigenvalue weighted by molar-refractivity contribution is 5.42. The van der Waals surface area contributed by atoms with Gasteiger partial charge in [-0.3, -0.25) is 4.98 Å². The van der Waals surface area contributed by atoms with Gasteiger partial charge in [-0.2, -0.15) is 0 Å². The second-order valence-electron chi connectivity index (χ2n) is 4.58. The number of pyridine rings is 1. The van der Waals surface area contributed by atoms with Gasteiger partial charge in [-0.15, -0.1) is 0 Å². The van der Waals surface area contributed by atoms with Crippen molar-refractivity contribution in [2.75, 3.05) is 13.7 Å². The maximum absolute atomic E-state index is 13.6. The third-order valence-corrected chi connectivity index (χ3v) is 3.23. The predicted octanol–water partition coefficient (Wildman–Crippen LogP) is 3.24. The van der Waals surface area contributed by atoms with Gasteiger partial charge in [-0.05, 0) is 43.3 Å². The number of aryl methyl sites for hydroxylation is 1. The Hall–Kier alpha value is -1.94. The number of nitrogens with one attached hydrogen (secondary N) is 1. The molecule has 4 heteroatoms. The van der Waals surface area contributed by atoms with Crippen LogP contribution in [0.25, 0.3) is 0 Å². The molecule has 1 heterocycles. The first-order valence-corrected chi connectivity index (χ1v) is 6.65. The fraction of sp³-hybridized carbons (Fsp3) is 0.312. The van der Waals surface area contributed by atoms with Crippen LogP contribution in [-0.2, 0) is 0 Å². The van der Waals surface area contributed by atoms with E-state index in [1.54, 1.807) is 19.4 Å². The minimum atomic E-state index is -0.280. The Morgan fingerprint density at radius 1 is 1.35 bits per heavy atom. The lowest BCUT2D eigenvalue weighted by Crippen LogP contribution is -2.24. The quantitative estimate of drug-likeness (QED) is 0.909. The van der Waals surface area contributed by atoms with Gasteiger partial charge in [0.2, 0.25) is 0 Å². The monoisotopic (exact) mass is 274 g/mol. The predicted molar refractivity (Wildman–Crippen MR) is 77.4 cm³/mol. The number of nitrogens with zero attached hydrogens (tertiary/aromatic N) is 1. The van der Waals surface area contributed by atoms with Crippen LogP contribution < -0.4 is 10.1 Å². The fourth-order valence-corrected chi connectivity index (χ4v) is 2.29. The van der Waals surface area contributed by atoms with Crippen molar-refractivity contribution in [3.05, 3.63) is 59.2 Å². The summed E-state index contributed by atoms with van der Waals surface area (Å²) in [6.45, 7) is 4.76. The lowest BCUT2D eigenvalue weighted by atomic mass is 9.98. The van der Waals surface area contributed by atoms with E-state index in [4.69, 9.17) is 4.74 Å². The standard InChI is InChI=1S/C16H19FN2O/c1-4-18-16(15-11(2)6-5-9-19-15)13-10-12(17)7-8-14(13)20-3/h5-10,16,18H,4H2,1-3H3. The van der Waals surface area contributed by atoms with Crippen LogP contribution in [0.3, 0.4) is 0 Å². The normalized spacial score (nSPS) is 12.2. The number of aromatic nitrogens is 1. The van der Waals surface area contributed by atoms with Crippen molar-refractivity contribution in [1.29, 1.82) is 0 Å². The van der Waals surface area contributed by atoms with Gasteiger partial charge in [0.15, 0.2) is 0 Å². The number of halogens is 1. The maximum atomic E-state index is 13.6. The van der Waals surface area contributed by atoms with E-state index in [0.29, 0.717) is 5.75 Å². The van der Waals surface area contributed by atoms with Crippen LogP contribution in [0, 0.1) is 12.7 Å². The summed E-state index contributed by atoms with van der Waals surface area (Å²) in [6, 6.07) is 8.25. The summed E-state index contributed by atoms with van der Waals surface area (Å²) in [5.41, 5.74) is 2.71. The first-order valence-electron chi connectivity index (χ1n) is 6.65. The van der Waals surface area contributed by atoms with Crippen molar-refractivity contribution < 1.29 is 9.13 Å². The third kappa shape index (κ3) is 2.96. The first kappa shape index (κ1) is 14.5. The van der Waals surface area contributed by atoms with Gasteiger partial charge in [-0.25, -0.2) is 4.39 Å². The summed E-state index contributed by atoms with van der Waals surface area (Å²) < 4.78 is 19.0. The molecule has 20 heavy (non-hydrogen) atoms. The molecule has 0 saturated carbocycles. The highest BCUT2D eigenvalue weighted by Gasteiger charge is 2.20. The fourth-order valence-electron chi connectivity index (χ4n) is 2.29. The van der Waals surface area contributed by atoms with Crippen molar-refractivity contribution in [2.24, 2.45) is 0 Å². The molecular weight excluding hydrogens is 255 g/mol. The van der Waals surface area contributed by atoms with Gasteiger partial charge in [0.1, 0.15) is 11.6 Å². The van der Waals surface area contributed by atoms with Crippen LogP contribution in [0.15, 0.2) is 36.5 Å². The minimum Gasteiger partial charge on any atom is -0.496 e. The number of hydrogen-bond donors (Lipinski definition) is 1. The van der Waals surface area contributed by atoms with E-state index in [2.05, 4.69) is 10.3 Å². The van der Waals surface area contributed by atoms with Crippen molar-refractivity contribution in [1.82, 2.24) is 10.3 Å². The van der Waals surface area contributed by atoms with Crippen molar-refractivity contribution in [3.8, 4) is 5.75 Å². The molecule has 0 radical (unpaired) electrons. The molecule has 1 atom stereocenters. The van der Waals surface area contributed by atoms with Gasteiger partial charge < -0.3 is 10.1 Å². The zero-order valence-electron chi connectivity index (χ0n) is 12.0. The maximum Gasteiger partial charge on any atom is 0.124 e. The van der Waals surface area contributed by atoms with Gasteiger partial charge in [0.05, 0.1) is 18.8 Å². The molecule has 1 unspecified atom stereocenters. The summed E-state index contributed by atoms with van der Waals surface area (Å²) >= 11 is 0. The molecule has 2 aromatic rings. The molecule has 0 spiro atoms. The van der Waals surface area contributed by atoms with Crippen molar-refractivity contribution >= 4 is 0 Å². The van der Waals surface area contributed by atoms with E-state index in [9.17, 15) is 4.39 Å². The van der Waals surface area contributed by atoms with Crippen molar-refractivity contribution in [2.45, 2.75) is 19.9 Å². The van der Waals surface area contributed by atoms with Crippen LogP contribution in [0.4, 0.5) is 4.39 Å². The summed E-state index contributed by atoms with van der Waals surface area (Å²) in [5, 5.41) is 3.35. The van der Waals surface area contributed by atoms with Crippen molar-refractivity contribution in [3.63, 3.8) is 0 Å². The van der Waals surface area contributed by atoms with Crippen LogP contribution in [0.5, 0.6) is 5.75 Å². The lowest BCUT2D eigenvalue weighted by molar-refractivity contribution is 0.402. The van der Waals surface area contributed by atoms with E-state index < -0.39 is 0 Å². The zero-order valence-corrected chi connectivity index (χ0v) is 12.0. The SMILES string of the molecule is CCNC(c1cc(F)ccc1OC)c1ncccc1C. The highest BCUT2D eigenvalue weighted by Crippen LogP contribution is 2.31. The van der Waals surface area contributed by atoms with E-state index in [0.717, 1.165) is 23.4 Å². The first-order chi connectivity index (χ1) is 9.67. The molecule has 1 aromatic heterocycles. The molecular formula is C16H19FN2O. The lowest BCUT2D eigenvalue weighted by Gasteiger charge is -2.21. The van der Waals surface area contributed by atoms with Gasteiger partial charge in [0, 0.05) is 11.8 Å². The molecule has 0 aliphatic heterocycles. The van der Waals surface area contributed by atoms with Crippen LogP contribution in [0.2, 0.25) is 0 Å². The van der Waals surface area contributed by atoms with E-state index in [1.165, 1.54) is 12.1 Å². The molecule has 2 rings (SSSR count). The second-order valence-corrected chi connectivity index (χ2v) is 4.58. The molecule has 0 bridgehead atoms. The molecule has 0 aliphatic rings. The number of hydrogen-bond acceptors (Lipinski definition) is 3. The van der Waals surface area contributed by atoms with Crippen LogP contribution in [-0.4, -0.2) is 18.6 Å². The smallest absolute Gasteiger partial charge is 0.124 e. The van der Waals surface area contributed by atoms with E-state index in [1.807, 2.05) is 26.0 Å². The van der Waals surface area contributed by atoms with Gasteiger partial charge in [-0.1, -0.05) is 13.0 Å². The highest BCUT2D eigenvalue weighted by atomic mass is 19.1. The average molecular weight is 274 g/mol. The Morgan fingerprint density at radius 2 is 2.15 bits per heavy atom. The third-order valence-electron chi connectivity index (χ3n) is 3.23. The summed E-state index contributed by atoms with van der Waals surface area (Å²) in [5.74, 6) is 0.375.